The van der Waals surface area contributed by atoms with Gasteiger partial charge in [0.25, 0.3) is 10.0 Å². The van der Waals surface area contributed by atoms with Gasteiger partial charge in [-0.25, -0.2) is 8.42 Å². The molecule has 0 aromatic carbocycles. The highest BCUT2D eigenvalue weighted by atomic mass is 35.5. The lowest BCUT2D eigenvalue weighted by atomic mass is 9.95. The maximum absolute atomic E-state index is 12.2. The van der Waals surface area contributed by atoms with E-state index in [0.717, 1.165) is 25.7 Å². The van der Waals surface area contributed by atoms with Gasteiger partial charge in [0.05, 0.1) is 11.6 Å². The molecule has 1 aromatic rings. The molecule has 0 saturated heterocycles. The van der Waals surface area contributed by atoms with Crippen LogP contribution in [0.2, 0.25) is 0 Å². The minimum absolute atomic E-state index is 0.105. The second-order valence-electron chi connectivity index (χ2n) is 4.31. The maximum Gasteiger partial charge on any atom is 0.260 e. The van der Waals surface area contributed by atoms with Crippen molar-refractivity contribution >= 4 is 21.6 Å². The molecule has 1 N–H and O–H groups in total. The molecule has 1 fully saturated rings. The van der Waals surface area contributed by atoms with Gasteiger partial charge in [-0.1, -0.05) is 12.8 Å². The monoisotopic (exact) mass is 277 g/mol. The zero-order chi connectivity index (χ0) is 12.5. The number of sulfonamides is 1. The molecule has 1 heterocycles. The number of hydrogen-bond donors (Lipinski definition) is 1. The van der Waals surface area contributed by atoms with Gasteiger partial charge in [0, 0.05) is 13.1 Å². The van der Waals surface area contributed by atoms with Gasteiger partial charge >= 0.3 is 0 Å². The fourth-order valence-corrected chi connectivity index (χ4v) is 4.03. The predicted octanol–water partition coefficient (Wildman–Crippen LogP) is 1.58. The van der Waals surface area contributed by atoms with Crippen LogP contribution in [0.1, 0.15) is 25.7 Å². The van der Waals surface area contributed by atoms with Gasteiger partial charge in [-0.05, 0) is 18.9 Å². The summed E-state index contributed by atoms with van der Waals surface area (Å²) < 4.78 is 25.8. The number of alkyl halides is 1. The quantitative estimate of drug-likeness (QED) is 0.853. The van der Waals surface area contributed by atoms with Crippen molar-refractivity contribution < 1.29 is 8.42 Å². The molecular weight excluding hydrogens is 262 g/mol. The van der Waals surface area contributed by atoms with Crippen molar-refractivity contribution in [2.75, 3.05) is 7.05 Å². The van der Waals surface area contributed by atoms with E-state index in [4.69, 9.17) is 11.6 Å². The van der Waals surface area contributed by atoms with Crippen LogP contribution in [0.25, 0.3) is 0 Å². The average Bonchev–Trinajstić information content (AvgIpc) is 2.83. The fraction of sp³-hybridized carbons (Fsp3) is 0.700. The molecule has 1 aromatic heterocycles. The van der Waals surface area contributed by atoms with Crippen LogP contribution in [0.3, 0.4) is 0 Å². The lowest BCUT2D eigenvalue weighted by Gasteiger charge is -2.33. The van der Waals surface area contributed by atoms with E-state index in [9.17, 15) is 8.42 Å². The third-order valence-electron chi connectivity index (χ3n) is 3.25. The fourth-order valence-electron chi connectivity index (χ4n) is 2.20. The summed E-state index contributed by atoms with van der Waals surface area (Å²) in [6, 6.07) is 1.33. The Morgan fingerprint density at radius 2 is 2.18 bits per heavy atom. The molecular formula is C10H16ClN3O2S. The van der Waals surface area contributed by atoms with Crippen LogP contribution < -0.4 is 0 Å². The molecule has 2 rings (SSSR count). The van der Waals surface area contributed by atoms with Crippen molar-refractivity contribution in [3.63, 3.8) is 0 Å². The van der Waals surface area contributed by atoms with Crippen LogP contribution in [0.5, 0.6) is 0 Å². The smallest absolute Gasteiger partial charge is 0.260 e. The van der Waals surface area contributed by atoms with E-state index in [1.807, 2.05) is 0 Å². The van der Waals surface area contributed by atoms with Gasteiger partial charge in [-0.3, -0.25) is 5.10 Å². The highest BCUT2D eigenvalue weighted by Gasteiger charge is 2.34. The molecule has 0 bridgehead atoms. The molecule has 0 spiro atoms. The SMILES string of the molecule is CN(C1CCCCC1Cl)S(=O)(=O)c1ccn[nH]1. The summed E-state index contributed by atoms with van der Waals surface area (Å²) >= 11 is 6.21. The van der Waals surface area contributed by atoms with Crippen molar-refractivity contribution in [1.29, 1.82) is 0 Å². The first-order chi connectivity index (χ1) is 8.03. The number of H-pyrrole nitrogens is 1. The van der Waals surface area contributed by atoms with E-state index in [-0.39, 0.29) is 16.4 Å². The van der Waals surface area contributed by atoms with Gasteiger partial charge in [-0.2, -0.15) is 9.40 Å². The number of hydrogen-bond acceptors (Lipinski definition) is 3. The van der Waals surface area contributed by atoms with Crippen molar-refractivity contribution in [2.24, 2.45) is 0 Å². The van der Waals surface area contributed by atoms with Crippen molar-refractivity contribution in [2.45, 2.75) is 42.1 Å². The van der Waals surface area contributed by atoms with Crippen LogP contribution >= 0.6 is 11.6 Å². The molecule has 1 aliphatic carbocycles. The van der Waals surface area contributed by atoms with Crippen LogP contribution in [-0.2, 0) is 10.0 Å². The second-order valence-corrected chi connectivity index (χ2v) is 6.84. The van der Waals surface area contributed by atoms with Crippen molar-refractivity contribution in [3.05, 3.63) is 12.3 Å². The van der Waals surface area contributed by atoms with E-state index in [1.54, 1.807) is 7.05 Å². The Morgan fingerprint density at radius 1 is 1.47 bits per heavy atom. The standard InChI is InChI=1S/C10H16ClN3O2S/c1-14(9-5-3-2-4-8(9)11)17(15,16)10-6-7-12-13-10/h6-9H,2-5H2,1H3,(H,12,13). The summed E-state index contributed by atoms with van der Waals surface area (Å²) in [5, 5.41) is 6.18. The number of aromatic nitrogens is 2. The lowest BCUT2D eigenvalue weighted by molar-refractivity contribution is 0.290. The Morgan fingerprint density at radius 3 is 2.76 bits per heavy atom. The zero-order valence-corrected chi connectivity index (χ0v) is 11.2. The van der Waals surface area contributed by atoms with Crippen LogP contribution in [0, 0.1) is 0 Å². The minimum atomic E-state index is -3.50. The van der Waals surface area contributed by atoms with Crippen LogP contribution in [-0.4, -0.2) is 41.4 Å². The largest absolute Gasteiger partial charge is 0.266 e. The minimum Gasteiger partial charge on any atom is -0.266 e. The van der Waals surface area contributed by atoms with Crippen molar-refractivity contribution in [3.8, 4) is 0 Å². The Labute approximate surface area is 106 Å². The second kappa shape index (κ2) is 4.96. The van der Waals surface area contributed by atoms with Crippen molar-refractivity contribution in [1.82, 2.24) is 14.5 Å². The molecule has 0 amide bonds. The van der Waals surface area contributed by atoms with Crippen LogP contribution in [0.15, 0.2) is 17.3 Å². The summed E-state index contributed by atoms with van der Waals surface area (Å²) in [4.78, 5) is 0. The summed E-state index contributed by atoms with van der Waals surface area (Å²) in [6.45, 7) is 0. The summed E-state index contributed by atoms with van der Waals surface area (Å²) in [5.74, 6) is 0. The van der Waals surface area contributed by atoms with Gasteiger partial charge in [0.2, 0.25) is 0 Å². The first kappa shape index (κ1) is 12.9. The highest BCUT2D eigenvalue weighted by Crippen LogP contribution is 2.29. The molecule has 2 atom stereocenters. The summed E-state index contributed by atoms with van der Waals surface area (Å²) in [5.41, 5.74) is 0. The van der Waals surface area contributed by atoms with Gasteiger partial charge in [-0.15, -0.1) is 11.6 Å². The van der Waals surface area contributed by atoms with Crippen LogP contribution in [0.4, 0.5) is 0 Å². The number of halogens is 1. The van der Waals surface area contributed by atoms with E-state index in [1.165, 1.54) is 16.6 Å². The number of aromatic amines is 1. The first-order valence-corrected chi connectivity index (χ1v) is 7.52. The Balaban J connectivity index is 2.22. The average molecular weight is 278 g/mol. The topological polar surface area (TPSA) is 66.1 Å². The molecule has 17 heavy (non-hydrogen) atoms. The molecule has 1 saturated carbocycles. The Hall–Kier alpha value is -0.590. The number of nitrogens with one attached hydrogen (secondary N) is 1. The summed E-state index contributed by atoms with van der Waals surface area (Å²) in [7, 11) is -1.91. The normalized spacial score (nSPS) is 26.3. The van der Waals surface area contributed by atoms with Gasteiger partial charge < -0.3 is 0 Å². The molecule has 2 unspecified atom stereocenters. The van der Waals surface area contributed by atoms with E-state index in [2.05, 4.69) is 10.2 Å². The predicted molar refractivity (Wildman–Crippen MR) is 65.4 cm³/mol. The summed E-state index contributed by atoms with van der Waals surface area (Å²) in [6.07, 6.45) is 5.21. The van der Waals surface area contributed by atoms with E-state index >= 15 is 0 Å². The molecule has 1 aliphatic rings. The third kappa shape index (κ3) is 2.48. The lowest BCUT2D eigenvalue weighted by Crippen LogP contribution is -2.44. The molecule has 96 valence electrons. The molecule has 0 radical (unpaired) electrons. The number of nitrogens with zero attached hydrogens (tertiary/aromatic N) is 2. The zero-order valence-electron chi connectivity index (χ0n) is 9.63. The maximum atomic E-state index is 12.2. The first-order valence-electron chi connectivity index (χ1n) is 5.65. The van der Waals surface area contributed by atoms with E-state index in [0.29, 0.717) is 0 Å². The Bertz CT molecular complexity index is 460. The third-order valence-corrected chi connectivity index (χ3v) is 5.57. The Kier molecular flexibility index (Phi) is 3.75. The van der Waals surface area contributed by atoms with Gasteiger partial charge in [0.15, 0.2) is 5.03 Å². The van der Waals surface area contributed by atoms with Gasteiger partial charge in [0.1, 0.15) is 0 Å². The molecule has 7 heteroatoms. The molecule has 0 aliphatic heterocycles. The molecule has 5 nitrogen and oxygen atoms in total. The highest BCUT2D eigenvalue weighted by molar-refractivity contribution is 7.89. The van der Waals surface area contributed by atoms with E-state index < -0.39 is 10.0 Å². The number of rotatable bonds is 3.